The van der Waals surface area contributed by atoms with Crippen molar-refractivity contribution in [2.75, 3.05) is 20.3 Å². The highest BCUT2D eigenvalue weighted by atomic mass is 16.5. The first kappa shape index (κ1) is 18.5. The lowest BCUT2D eigenvalue weighted by Gasteiger charge is -2.19. The Morgan fingerprint density at radius 1 is 1.23 bits per heavy atom. The molecule has 4 nitrogen and oxygen atoms in total. The largest absolute Gasteiger partial charge is 0.497 e. The van der Waals surface area contributed by atoms with Gasteiger partial charge in [0.1, 0.15) is 5.75 Å². The summed E-state index contributed by atoms with van der Waals surface area (Å²) in [4.78, 5) is 12.0. The molecule has 0 amide bonds. The van der Waals surface area contributed by atoms with Crippen LogP contribution in [0.5, 0.6) is 5.75 Å². The number of rotatable bonds is 10. The van der Waals surface area contributed by atoms with E-state index >= 15 is 0 Å². The Kier molecular flexibility index (Phi) is 8.60. The van der Waals surface area contributed by atoms with Crippen LogP contribution in [-0.2, 0) is 9.53 Å². The predicted octanol–water partition coefficient (Wildman–Crippen LogP) is 3.53. The van der Waals surface area contributed by atoms with Crippen LogP contribution in [0.15, 0.2) is 24.3 Å². The Balaban J connectivity index is 2.51. The SMILES string of the molecule is CCC(CC(C)C(=O)OCCCCO)c1ccc(OC)cc1. The zero-order valence-electron chi connectivity index (χ0n) is 13.9. The third-order valence-corrected chi connectivity index (χ3v) is 3.92. The van der Waals surface area contributed by atoms with Crippen LogP contribution in [0.25, 0.3) is 0 Å². The van der Waals surface area contributed by atoms with Crippen LogP contribution in [0.4, 0.5) is 0 Å². The molecule has 2 unspecified atom stereocenters. The second-order valence-corrected chi connectivity index (χ2v) is 5.61. The van der Waals surface area contributed by atoms with Crippen LogP contribution < -0.4 is 4.74 Å². The molecule has 0 aliphatic heterocycles. The molecule has 0 aliphatic rings. The molecule has 0 radical (unpaired) electrons. The van der Waals surface area contributed by atoms with Gasteiger partial charge in [-0.15, -0.1) is 0 Å². The number of carbonyl (C=O) groups excluding carboxylic acids is 1. The van der Waals surface area contributed by atoms with Gasteiger partial charge in [-0.1, -0.05) is 26.0 Å². The molecule has 0 aliphatic carbocycles. The highest BCUT2D eigenvalue weighted by Gasteiger charge is 2.20. The van der Waals surface area contributed by atoms with Crippen molar-refractivity contribution in [3.05, 3.63) is 29.8 Å². The van der Waals surface area contributed by atoms with E-state index in [1.54, 1.807) is 7.11 Å². The number of hydrogen-bond acceptors (Lipinski definition) is 4. The zero-order valence-corrected chi connectivity index (χ0v) is 13.9. The van der Waals surface area contributed by atoms with Gasteiger partial charge >= 0.3 is 5.97 Å². The molecular formula is C18H28O4. The summed E-state index contributed by atoms with van der Waals surface area (Å²) in [5.41, 5.74) is 1.23. The number of carbonyl (C=O) groups is 1. The number of methoxy groups -OCH3 is 1. The number of aliphatic hydroxyl groups excluding tert-OH is 1. The van der Waals surface area contributed by atoms with Crippen molar-refractivity contribution in [1.82, 2.24) is 0 Å². The molecule has 0 fully saturated rings. The van der Waals surface area contributed by atoms with E-state index in [9.17, 15) is 4.79 Å². The summed E-state index contributed by atoms with van der Waals surface area (Å²) in [7, 11) is 1.65. The van der Waals surface area contributed by atoms with Crippen LogP contribution in [0.2, 0.25) is 0 Å². The van der Waals surface area contributed by atoms with Gasteiger partial charge in [-0.3, -0.25) is 4.79 Å². The summed E-state index contributed by atoms with van der Waals surface area (Å²) in [5, 5.41) is 8.71. The monoisotopic (exact) mass is 308 g/mol. The Labute approximate surface area is 133 Å². The maximum absolute atomic E-state index is 12.0. The van der Waals surface area contributed by atoms with Gasteiger partial charge in [-0.25, -0.2) is 0 Å². The fourth-order valence-corrected chi connectivity index (χ4v) is 2.47. The van der Waals surface area contributed by atoms with Crippen LogP contribution in [-0.4, -0.2) is 31.4 Å². The van der Waals surface area contributed by atoms with Gasteiger partial charge in [0.15, 0.2) is 0 Å². The molecule has 1 aromatic carbocycles. The fourth-order valence-electron chi connectivity index (χ4n) is 2.47. The minimum Gasteiger partial charge on any atom is -0.497 e. The average molecular weight is 308 g/mol. The van der Waals surface area contributed by atoms with E-state index in [2.05, 4.69) is 19.1 Å². The molecule has 1 rings (SSSR count). The Morgan fingerprint density at radius 3 is 2.45 bits per heavy atom. The Hall–Kier alpha value is -1.55. The molecule has 0 spiro atoms. The van der Waals surface area contributed by atoms with Crippen LogP contribution in [0.3, 0.4) is 0 Å². The maximum atomic E-state index is 12.0. The molecule has 124 valence electrons. The number of unbranched alkanes of at least 4 members (excludes halogenated alkanes) is 1. The summed E-state index contributed by atoms with van der Waals surface area (Å²) in [6, 6.07) is 8.03. The average Bonchev–Trinajstić information content (AvgIpc) is 2.56. The zero-order chi connectivity index (χ0) is 16.4. The van der Waals surface area contributed by atoms with Crippen molar-refractivity contribution < 1.29 is 19.4 Å². The van der Waals surface area contributed by atoms with Gasteiger partial charge in [0.05, 0.1) is 19.6 Å². The first-order valence-corrected chi connectivity index (χ1v) is 8.03. The van der Waals surface area contributed by atoms with E-state index in [0.29, 0.717) is 25.4 Å². The third-order valence-electron chi connectivity index (χ3n) is 3.92. The molecule has 2 atom stereocenters. The van der Waals surface area contributed by atoms with Crippen LogP contribution in [0.1, 0.15) is 51.0 Å². The Bertz CT molecular complexity index is 427. The van der Waals surface area contributed by atoms with Crippen molar-refractivity contribution in [2.24, 2.45) is 5.92 Å². The van der Waals surface area contributed by atoms with Gasteiger partial charge in [0.2, 0.25) is 0 Å². The Morgan fingerprint density at radius 2 is 1.91 bits per heavy atom. The number of benzene rings is 1. The molecule has 1 aromatic rings. The molecule has 1 N–H and O–H groups in total. The third kappa shape index (κ3) is 6.06. The van der Waals surface area contributed by atoms with E-state index in [1.807, 2.05) is 19.1 Å². The lowest BCUT2D eigenvalue weighted by atomic mass is 9.87. The molecule has 0 bridgehead atoms. The van der Waals surface area contributed by atoms with Gasteiger partial charge < -0.3 is 14.6 Å². The van der Waals surface area contributed by atoms with Crippen molar-refractivity contribution in [1.29, 1.82) is 0 Å². The van der Waals surface area contributed by atoms with Crippen molar-refractivity contribution in [3.8, 4) is 5.75 Å². The van der Waals surface area contributed by atoms with Crippen LogP contribution in [0, 0.1) is 5.92 Å². The molecule has 22 heavy (non-hydrogen) atoms. The standard InChI is InChI=1S/C18H28O4/c1-4-15(16-7-9-17(21-3)10-8-16)13-14(2)18(20)22-12-6-5-11-19/h7-10,14-15,19H,4-6,11-13H2,1-3H3. The number of aliphatic hydroxyl groups is 1. The van der Waals surface area contributed by atoms with Gasteiger partial charge in [-0.2, -0.15) is 0 Å². The van der Waals surface area contributed by atoms with Crippen molar-refractivity contribution in [2.45, 2.75) is 45.4 Å². The molecule has 0 aromatic heterocycles. The summed E-state index contributed by atoms with van der Waals surface area (Å²) in [5.74, 6) is 0.909. The maximum Gasteiger partial charge on any atom is 0.308 e. The summed E-state index contributed by atoms with van der Waals surface area (Å²) in [6.45, 7) is 4.58. The lowest BCUT2D eigenvalue weighted by molar-refractivity contribution is -0.148. The van der Waals surface area contributed by atoms with E-state index in [1.165, 1.54) is 5.56 Å². The topological polar surface area (TPSA) is 55.8 Å². The quantitative estimate of drug-likeness (QED) is 0.530. The molecule has 0 saturated heterocycles. The van der Waals surface area contributed by atoms with Crippen molar-refractivity contribution >= 4 is 5.97 Å². The minimum absolute atomic E-state index is 0.124. The van der Waals surface area contributed by atoms with Gasteiger partial charge in [0, 0.05) is 6.61 Å². The molecular weight excluding hydrogens is 280 g/mol. The summed E-state index contributed by atoms with van der Waals surface area (Å²) >= 11 is 0. The van der Waals surface area contributed by atoms with E-state index in [4.69, 9.17) is 14.6 Å². The van der Waals surface area contributed by atoms with Gasteiger partial charge in [-0.05, 0) is 49.3 Å². The van der Waals surface area contributed by atoms with E-state index in [-0.39, 0.29) is 18.5 Å². The summed E-state index contributed by atoms with van der Waals surface area (Å²) < 4.78 is 10.4. The molecule has 0 heterocycles. The number of esters is 1. The summed E-state index contributed by atoms with van der Waals surface area (Å²) in [6.07, 6.45) is 3.14. The van der Waals surface area contributed by atoms with Gasteiger partial charge in [0.25, 0.3) is 0 Å². The minimum atomic E-state index is -0.148. The fraction of sp³-hybridized carbons (Fsp3) is 0.611. The first-order valence-electron chi connectivity index (χ1n) is 8.03. The van der Waals surface area contributed by atoms with E-state index < -0.39 is 0 Å². The number of hydrogen-bond donors (Lipinski definition) is 1. The molecule has 4 heteroatoms. The smallest absolute Gasteiger partial charge is 0.308 e. The van der Waals surface area contributed by atoms with E-state index in [0.717, 1.165) is 18.6 Å². The first-order chi connectivity index (χ1) is 10.6. The lowest BCUT2D eigenvalue weighted by Crippen LogP contribution is -2.18. The second-order valence-electron chi connectivity index (χ2n) is 5.61. The molecule has 0 saturated carbocycles. The second kappa shape index (κ2) is 10.2. The number of ether oxygens (including phenoxy) is 2. The predicted molar refractivity (Wildman–Crippen MR) is 87.1 cm³/mol. The van der Waals surface area contributed by atoms with Crippen molar-refractivity contribution in [3.63, 3.8) is 0 Å². The highest BCUT2D eigenvalue weighted by molar-refractivity contribution is 5.72. The van der Waals surface area contributed by atoms with Crippen LogP contribution >= 0.6 is 0 Å². The normalized spacial score (nSPS) is 13.5. The highest BCUT2D eigenvalue weighted by Crippen LogP contribution is 2.28.